The Morgan fingerprint density at radius 1 is 0.806 bits per heavy atom. The Labute approximate surface area is 188 Å². The first kappa shape index (κ1) is 20.0. The second-order valence-corrected chi connectivity index (χ2v) is 8.88. The minimum Gasteiger partial charge on any atom is -0.429 e. The van der Waals surface area contributed by atoms with E-state index in [0.29, 0.717) is 5.56 Å². The highest BCUT2D eigenvalue weighted by Gasteiger charge is 2.73. The van der Waals surface area contributed by atoms with Gasteiger partial charge in [0.15, 0.2) is 0 Å². The molecule has 2 aliphatic heterocycles. The molecule has 0 bridgehead atoms. The summed E-state index contributed by atoms with van der Waals surface area (Å²) in [5, 5.41) is 0. The van der Waals surface area contributed by atoms with Crippen molar-refractivity contribution in [1.82, 2.24) is 0 Å². The van der Waals surface area contributed by atoms with Gasteiger partial charge in [-0.2, -0.15) is 0 Å². The van der Waals surface area contributed by atoms with Crippen molar-refractivity contribution in [2.45, 2.75) is 31.8 Å². The van der Waals surface area contributed by atoms with Gasteiger partial charge in [-0.15, -0.1) is 0 Å². The maximum Gasteiger partial charge on any atom is 0.353 e. The first-order chi connectivity index (χ1) is 14.9. The van der Waals surface area contributed by atoms with Crippen molar-refractivity contribution in [3.8, 4) is 0 Å². The molecule has 3 aromatic carbocycles. The van der Waals surface area contributed by atoms with Gasteiger partial charge < -0.3 is 9.47 Å². The Morgan fingerprint density at radius 3 is 1.97 bits per heavy atom. The molecule has 2 fully saturated rings. The molecule has 0 aromatic heterocycles. The van der Waals surface area contributed by atoms with Gasteiger partial charge in [-0.3, -0.25) is 9.69 Å². The lowest BCUT2D eigenvalue weighted by molar-refractivity contribution is -0.168. The third-order valence-corrected chi connectivity index (χ3v) is 6.37. The minimum absolute atomic E-state index is 0.411. The number of halogens is 1. The van der Waals surface area contributed by atoms with Crippen LogP contribution in [0.4, 0.5) is 5.69 Å². The van der Waals surface area contributed by atoms with Crippen molar-refractivity contribution in [3.05, 3.63) is 99.5 Å². The van der Waals surface area contributed by atoms with E-state index < -0.39 is 29.8 Å². The molecule has 3 atom stereocenters. The second-order valence-electron chi connectivity index (χ2n) is 7.97. The Kier molecular flexibility index (Phi) is 4.72. The van der Waals surface area contributed by atoms with Gasteiger partial charge in [0.05, 0.1) is 0 Å². The van der Waals surface area contributed by atoms with Crippen LogP contribution >= 0.6 is 15.9 Å². The third-order valence-electron chi connectivity index (χ3n) is 5.84. The molecule has 2 heterocycles. The van der Waals surface area contributed by atoms with E-state index in [9.17, 15) is 9.59 Å². The number of rotatable bonds is 3. The van der Waals surface area contributed by atoms with Gasteiger partial charge in [-0.05, 0) is 43.7 Å². The van der Waals surface area contributed by atoms with E-state index in [0.717, 1.165) is 26.9 Å². The summed E-state index contributed by atoms with van der Waals surface area (Å²) in [6.45, 7) is 3.98. The number of nitrogens with zero attached hydrogens (tertiary/aromatic N) is 1. The van der Waals surface area contributed by atoms with Gasteiger partial charge in [-0.25, -0.2) is 4.79 Å². The zero-order valence-corrected chi connectivity index (χ0v) is 18.6. The van der Waals surface area contributed by atoms with Crippen molar-refractivity contribution in [3.63, 3.8) is 0 Å². The molecule has 0 aliphatic carbocycles. The first-order valence-electron chi connectivity index (χ1n) is 10.0. The number of amides is 1. The molecule has 0 saturated carbocycles. The van der Waals surface area contributed by atoms with Crippen molar-refractivity contribution < 1.29 is 19.1 Å². The third kappa shape index (κ3) is 3.09. The van der Waals surface area contributed by atoms with Crippen LogP contribution in [0.3, 0.4) is 0 Å². The number of β-lactam (4-membered cyclic amide) rings is 1. The van der Waals surface area contributed by atoms with Gasteiger partial charge >= 0.3 is 5.97 Å². The van der Waals surface area contributed by atoms with Crippen LogP contribution in [0.2, 0.25) is 0 Å². The van der Waals surface area contributed by atoms with E-state index in [1.165, 1.54) is 0 Å². The van der Waals surface area contributed by atoms with Crippen LogP contribution in [0.15, 0.2) is 77.3 Å². The number of carbonyl (C=O) groups is 2. The predicted molar refractivity (Wildman–Crippen MR) is 119 cm³/mol. The molecule has 1 spiro atoms. The van der Waals surface area contributed by atoms with Crippen molar-refractivity contribution in [1.29, 1.82) is 0 Å². The van der Waals surface area contributed by atoms with Crippen LogP contribution in [0, 0.1) is 13.8 Å². The Balaban J connectivity index is 1.57. The lowest BCUT2D eigenvalue weighted by Gasteiger charge is -2.50. The summed E-state index contributed by atoms with van der Waals surface area (Å²) < 4.78 is 12.6. The molecule has 0 N–H and O–H groups in total. The molecular formula is C25H20BrNO4. The smallest absolute Gasteiger partial charge is 0.353 e. The predicted octanol–water partition coefficient (Wildman–Crippen LogP) is 5.16. The standard InChI is InChI=1S/C25H20BrNO4/c1-15-3-7-17(8-4-15)21-25(23(28)27(21)20-13-5-16(2)6-14-20)24(29)30-22(31-25)18-9-11-19(26)12-10-18/h3-14,21-22H,1-2H3/t21-,22+,25-/m0/s1. The van der Waals surface area contributed by atoms with Gasteiger partial charge in [0.1, 0.15) is 6.04 Å². The van der Waals surface area contributed by atoms with E-state index in [-0.39, 0.29) is 0 Å². The number of hydrogen-bond acceptors (Lipinski definition) is 4. The van der Waals surface area contributed by atoms with Crippen LogP contribution < -0.4 is 4.90 Å². The van der Waals surface area contributed by atoms with Gasteiger partial charge in [0.25, 0.3) is 11.5 Å². The molecular weight excluding hydrogens is 458 g/mol. The highest BCUT2D eigenvalue weighted by atomic mass is 79.9. The second kappa shape index (κ2) is 7.32. The molecule has 1 amide bonds. The zero-order valence-electron chi connectivity index (χ0n) is 17.0. The molecule has 3 aromatic rings. The number of esters is 1. The van der Waals surface area contributed by atoms with Crippen LogP contribution in [0.5, 0.6) is 0 Å². The molecule has 2 saturated heterocycles. The van der Waals surface area contributed by atoms with E-state index in [4.69, 9.17) is 9.47 Å². The highest BCUT2D eigenvalue weighted by molar-refractivity contribution is 9.10. The van der Waals surface area contributed by atoms with Gasteiger partial charge in [0.2, 0.25) is 6.29 Å². The van der Waals surface area contributed by atoms with Crippen LogP contribution in [0.1, 0.15) is 34.6 Å². The van der Waals surface area contributed by atoms with Crippen molar-refractivity contribution in [2.75, 3.05) is 4.90 Å². The minimum atomic E-state index is -1.70. The van der Waals surface area contributed by atoms with Gasteiger partial charge in [-0.1, -0.05) is 75.6 Å². The van der Waals surface area contributed by atoms with E-state index in [1.807, 2.05) is 86.6 Å². The summed E-state index contributed by atoms with van der Waals surface area (Å²) >= 11 is 3.40. The largest absolute Gasteiger partial charge is 0.429 e. The quantitative estimate of drug-likeness (QED) is 0.296. The molecule has 2 aliphatic rings. The van der Waals surface area contributed by atoms with Crippen LogP contribution in [-0.2, 0) is 19.1 Å². The van der Waals surface area contributed by atoms with Crippen molar-refractivity contribution in [2.24, 2.45) is 0 Å². The topological polar surface area (TPSA) is 55.8 Å². The molecule has 5 rings (SSSR count). The fourth-order valence-corrected chi connectivity index (χ4v) is 4.39. The molecule has 6 heteroatoms. The highest BCUT2D eigenvalue weighted by Crippen LogP contribution is 2.54. The lowest BCUT2D eigenvalue weighted by atomic mass is 9.77. The monoisotopic (exact) mass is 477 g/mol. The van der Waals surface area contributed by atoms with E-state index in [1.54, 1.807) is 4.90 Å². The fourth-order valence-electron chi connectivity index (χ4n) is 4.13. The number of ether oxygens (including phenoxy) is 2. The maximum absolute atomic E-state index is 13.5. The van der Waals surface area contributed by atoms with Gasteiger partial charge in [0, 0.05) is 15.7 Å². The average molecular weight is 478 g/mol. The first-order valence-corrected chi connectivity index (χ1v) is 10.8. The summed E-state index contributed by atoms with van der Waals surface area (Å²) in [5.41, 5.74) is 2.70. The molecule has 0 unspecified atom stereocenters. The van der Waals surface area contributed by atoms with E-state index in [2.05, 4.69) is 15.9 Å². The normalized spacial score (nSPS) is 24.9. The summed E-state index contributed by atoms with van der Waals surface area (Å²) in [4.78, 5) is 28.2. The molecule has 156 valence electrons. The summed E-state index contributed by atoms with van der Waals surface area (Å²) in [7, 11) is 0. The Hall–Kier alpha value is -2.96. The fraction of sp³-hybridized carbons (Fsp3) is 0.200. The Morgan fingerprint density at radius 2 is 1.35 bits per heavy atom. The van der Waals surface area contributed by atoms with Crippen LogP contribution in [0.25, 0.3) is 0 Å². The number of carbonyl (C=O) groups excluding carboxylic acids is 2. The molecule has 31 heavy (non-hydrogen) atoms. The summed E-state index contributed by atoms with van der Waals surface area (Å²) in [6.07, 6.45) is -0.933. The molecule has 0 radical (unpaired) electrons. The number of aryl methyl sites for hydroxylation is 2. The number of cyclic esters (lactones) is 1. The average Bonchev–Trinajstić information content (AvgIpc) is 3.13. The number of hydrogen-bond donors (Lipinski definition) is 0. The number of anilines is 1. The summed E-state index contributed by atoms with van der Waals surface area (Å²) in [5.74, 6) is -1.06. The molecule has 5 nitrogen and oxygen atoms in total. The van der Waals surface area contributed by atoms with Crippen LogP contribution in [-0.4, -0.2) is 17.5 Å². The SMILES string of the molecule is Cc1ccc([C@@H]2N(c3ccc(C)cc3)C(=O)[C@@]23O[C@H](c2ccc(Br)cc2)OC3=O)cc1. The lowest BCUT2D eigenvalue weighted by Crippen LogP contribution is -2.71. The summed E-state index contributed by atoms with van der Waals surface area (Å²) in [6, 6.07) is 22.1. The van der Waals surface area contributed by atoms with Crippen molar-refractivity contribution >= 4 is 33.5 Å². The Bertz CT molecular complexity index is 1160. The van der Waals surface area contributed by atoms with E-state index >= 15 is 0 Å². The zero-order chi connectivity index (χ0) is 21.8. The maximum atomic E-state index is 13.5. The number of benzene rings is 3.